The van der Waals surface area contributed by atoms with Crippen LogP contribution in [-0.4, -0.2) is 42.1 Å². The SMILES string of the molecule is COc1cc(C(=O)O)ccc1NC(=O)[C@@H]1N[C@@H](C=C(C)C)[C@@]2(C(=O)Nc3cc(Cl)ccc32)[C@H]1c1cccc(Cl)c1F. The van der Waals surface area contributed by atoms with Gasteiger partial charge < -0.3 is 20.5 Å². The summed E-state index contributed by atoms with van der Waals surface area (Å²) < 4.78 is 21.1. The Morgan fingerprint density at radius 2 is 1.88 bits per heavy atom. The zero-order valence-corrected chi connectivity index (χ0v) is 23.7. The molecule has 2 heterocycles. The second kappa shape index (κ2) is 10.8. The van der Waals surface area contributed by atoms with Crippen molar-refractivity contribution in [2.45, 2.75) is 37.3 Å². The fraction of sp³-hybridized carbons (Fsp3) is 0.233. The zero-order chi connectivity index (χ0) is 29.6. The van der Waals surface area contributed by atoms with Crippen LogP contribution in [0.3, 0.4) is 0 Å². The molecule has 5 rings (SSSR count). The average Bonchev–Trinajstić information content (AvgIpc) is 3.39. The molecule has 3 aromatic carbocycles. The highest BCUT2D eigenvalue weighted by Gasteiger charge is 2.65. The molecule has 0 aliphatic carbocycles. The summed E-state index contributed by atoms with van der Waals surface area (Å²) >= 11 is 12.5. The molecule has 8 nitrogen and oxygen atoms in total. The number of carbonyl (C=O) groups excluding carboxylic acids is 2. The number of methoxy groups -OCH3 is 1. The maximum Gasteiger partial charge on any atom is 0.335 e. The minimum Gasteiger partial charge on any atom is -0.495 e. The van der Waals surface area contributed by atoms with Crippen molar-refractivity contribution >= 4 is 52.4 Å². The maximum atomic E-state index is 15.8. The number of carboxylic acid groups (broad SMARTS) is 1. The number of halogens is 3. The molecule has 11 heteroatoms. The minimum absolute atomic E-state index is 0.0295. The van der Waals surface area contributed by atoms with Gasteiger partial charge >= 0.3 is 5.97 Å². The summed E-state index contributed by atoms with van der Waals surface area (Å²) in [6, 6.07) is 11.6. The number of hydrogen-bond donors (Lipinski definition) is 4. The largest absolute Gasteiger partial charge is 0.495 e. The van der Waals surface area contributed by atoms with Crippen LogP contribution in [0, 0.1) is 5.82 Å². The molecule has 0 bridgehead atoms. The van der Waals surface area contributed by atoms with Crippen LogP contribution >= 0.6 is 23.2 Å². The Morgan fingerprint density at radius 3 is 2.56 bits per heavy atom. The van der Waals surface area contributed by atoms with Gasteiger partial charge in [0.2, 0.25) is 11.8 Å². The van der Waals surface area contributed by atoms with Crippen LogP contribution in [0.5, 0.6) is 5.75 Å². The minimum atomic E-state index is -1.46. The lowest BCUT2D eigenvalue weighted by Gasteiger charge is -2.34. The van der Waals surface area contributed by atoms with Crippen molar-refractivity contribution in [1.82, 2.24) is 5.32 Å². The summed E-state index contributed by atoms with van der Waals surface area (Å²) in [6.45, 7) is 3.73. The lowest BCUT2D eigenvalue weighted by Crippen LogP contribution is -2.47. The van der Waals surface area contributed by atoms with Crippen LogP contribution in [0.4, 0.5) is 15.8 Å². The van der Waals surface area contributed by atoms with Gasteiger partial charge in [-0.2, -0.15) is 0 Å². The summed E-state index contributed by atoms with van der Waals surface area (Å²) in [7, 11) is 1.35. The molecule has 1 saturated heterocycles. The monoisotopic (exact) mass is 597 g/mol. The number of ether oxygens (including phenoxy) is 1. The van der Waals surface area contributed by atoms with E-state index in [1.54, 1.807) is 24.3 Å². The molecule has 2 amide bonds. The quantitative estimate of drug-likeness (QED) is 0.268. The molecule has 1 spiro atoms. The first kappa shape index (κ1) is 28.6. The van der Waals surface area contributed by atoms with Crippen LogP contribution < -0.4 is 20.7 Å². The molecular weight excluding hydrogens is 572 g/mol. The third-order valence-electron chi connectivity index (χ3n) is 7.53. The Kier molecular flexibility index (Phi) is 7.54. The predicted molar refractivity (Wildman–Crippen MR) is 155 cm³/mol. The molecule has 4 N–H and O–H groups in total. The van der Waals surface area contributed by atoms with Crippen molar-refractivity contribution in [2.24, 2.45) is 0 Å². The van der Waals surface area contributed by atoms with E-state index < -0.39 is 47.0 Å². The summed E-state index contributed by atoms with van der Waals surface area (Å²) in [4.78, 5) is 39.6. The number of nitrogens with one attached hydrogen (secondary N) is 3. The van der Waals surface area contributed by atoms with E-state index in [-0.39, 0.29) is 27.6 Å². The first-order valence-corrected chi connectivity index (χ1v) is 13.4. The van der Waals surface area contributed by atoms with E-state index >= 15 is 4.39 Å². The Labute approximate surface area is 245 Å². The zero-order valence-electron chi connectivity index (χ0n) is 22.2. The fourth-order valence-electron chi connectivity index (χ4n) is 5.89. The predicted octanol–water partition coefficient (Wildman–Crippen LogP) is 5.76. The Bertz CT molecular complexity index is 1620. The van der Waals surface area contributed by atoms with Crippen molar-refractivity contribution < 1.29 is 28.6 Å². The number of hydrogen-bond acceptors (Lipinski definition) is 5. The first-order valence-electron chi connectivity index (χ1n) is 12.7. The molecule has 0 radical (unpaired) electrons. The van der Waals surface area contributed by atoms with Gasteiger partial charge in [0.05, 0.1) is 29.4 Å². The summed E-state index contributed by atoms with van der Waals surface area (Å²) in [5, 5.41) is 18.6. The number of aromatic carboxylic acids is 1. The van der Waals surface area contributed by atoms with E-state index in [4.69, 9.17) is 27.9 Å². The van der Waals surface area contributed by atoms with E-state index in [9.17, 15) is 19.5 Å². The van der Waals surface area contributed by atoms with E-state index in [1.165, 1.54) is 37.4 Å². The summed E-state index contributed by atoms with van der Waals surface area (Å²) in [5.41, 5.74) is 0.703. The van der Waals surface area contributed by atoms with Crippen LogP contribution in [0.25, 0.3) is 0 Å². The molecule has 2 aliphatic rings. The molecule has 212 valence electrons. The Hall–Kier alpha value is -3.92. The molecule has 0 saturated carbocycles. The van der Waals surface area contributed by atoms with Gasteiger partial charge in [0, 0.05) is 22.7 Å². The van der Waals surface area contributed by atoms with Crippen molar-refractivity contribution in [3.05, 3.63) is 98.8 Å². The molecule has 3 aromatic rings. The molecule has 4 atom stereocenters. The summed E-state index contributed by atoms with van der Waals surface area (Å²) in [5.74, 6) is -3.85. The number of rotatable bonds is 6. The molecule has 0 aromatic heterocycles. The van der Waals surface area contributed by atoms with Crippen molar-refractivity contribution in [3.8, 4) is 5.75 Å². The van der Waals surface area contributed by atoms with Crippen LogP contribution in [-0.2, 0) is 15.0 Å². The van der Waals surface area contributed by atoms with Crippen molar-refractivity contribution in [2.75, 3.05) is 17.7 Å². The number of carboxylic acids is 1. The lowest BCUT2D eigenvalue weighted by molar-refractivity contribution is -0.121. The Balaban J connectivity index is 1.71. The van der Waals surface area contributed by atoms with Crippen LogP contribution in [0.1, 0.15) is 41.3 Å². The van der Waals surface area contributed by atoms with Gasteiger partial charge in [-0.25, -0.2) is 9.18 Å². The molecular formula is C30H26Cl2FN3O5. The normalized spacial score (nSPS) is 22.7. The van der Waals surface area contributed by atoms with Gasteiger partial charge in [-0.15, -0.1) is 0 Å². The second-order valence-corrected chi connectivity index (χ2v) is 11.1. The highest BCUT2D eigenvalue weighted by molar-refractivity contribution is 6.31. The van der Waals surface area contributed by atoms with E-state index in [2.05, 4.69) is 16.0 Å². The third kappa shape index (κ3) is 4.73. The Morgan fingerprint density at radius 1 is 1.12 bits per heavy atom. The number of benzene rings is 3. The number of anilines is 2. The van der Waals surface area contributed by atoms with Gasteiger partial charge in [-0.3, -0.25) is 14.9 Å². The van der Waals surface area contributed by atoms with Crippen LogP contribution in [0.2, 0.25) is 10.0 Å². The fourth-order valence-corrected chi connectivity index (χ4v) is 6.24. The maximum absolute atomic E-state index is 15.8. The number of fused-ring (bicyclic) bond motifs is 2. The molecule has 0 unspecified atom stereocenters. The lowest BCUT2D eigenvalue weighted by atomic mass is 9.64. The van der Waals surface area contributed by atoms with Gasteiger partial charge in [0.1, 0.15) is 17.0 Å². The van der Waals surface area contributed by atoms with Gasteiger partial charge in [0.15, 0.2) is 0 Å². The van der Waals surface area contributed by atoms with Crippen LogP contribution in [0.15, 0.2) is 66.2 Å². The van der Waals surface area contributed by atoms with Gasteiger partial charge in [0.25, 0.3) is 0 Å². The van der Waals surface area contributed by atoms with Gasteiger partial charge in [-0.1, -0.05) is 53.1 Å². The molecule has 1 fully saturated rings. The topological polar surface area (TPSA) is 117 Å². The summed E-state index contributed by atoms with van der Waals surface area (Å²) in [6.07, 6.45) is 1.84. The number of allylic oxidation sites excluding steroid dienone is 1. The first-order chi connectivity index (χ1) is 19.5. The van der Waals surface area contributed by atoms with E-state index in [0.29, 0.717) is 16.3 Å². The highest BCUT2D eigenvalue weighted by Crippen LogP contribution is 2.56. The smallest absolute Gasteiger partial charge is 0.335 e. The standard InChI is InChI=1S/C30H26Cl2FN3O5/c1-14(2)11-23-30(18-9-8-16(31)13-21(18)35-29(30)40)24(17-5-4-6-19(32)25(17)33)26(36-23)27(37)34-20-10-7-15(28(38)39)12-22(20)41-3/h4-13,23-24,26,36H,1-3H3,(H,34,37)(H,35,40)(H,38,39)/t23-,24-,26+,30+/m0/s1. The second-order valence-electron chi connectivity index (χ2n) is 10.2. The van der Waals surface area contributed by atoms with Gasteiger partial charge in [-0.05, 0) is 61.4 Å². The highest BCUT2D eigenvalue weighted by atomic mass is 35.5. The van der Waals surface area contributed by atoms with E-state index in [0.717, 1.165) is 5.57 Å². The average molecular weight is 598 g/mol. The van der Waals surface area contributed by atoms with Crippen molar-refractivity contribution in [1.29, 1.82) is 0 Å². The molecule has 41 heavy (non-hydrogen) atoms. The number of carbonyl (C=O) groups is 3. The molecule has 2 aliphatic heterocycles. The van der Waals surface area contributed by atoms with Crippen molar-refractivity contribution in [3.63, 3.8) is 0 Å². The van der Waals surface area contributed by atoms with E-state index in [1.807, 2.05) is 19.9 Å². The third-order valence-corrected chi connectivity index (χ3v) is 8.06. The number of amides is 2.